The first-order valence-electron chi connectivity index (χ1n) is 17.0. The number of rotatable bonds is 4. The fourth-order valence-electron chi connectivity index (χ4n) is 7.24. The molecule has 4 aromatic heterocycles. The van der Waals surface area contributed by atoms with Gasteiger partial charge >= 0.3 is 0 Å². The molecule has 50 heavy (non-hydrogen) atoms. The highest BCUT2D eigenvalue weighted by Crippen LogP contribution is 2.32. The van der Waals surface area contributed by atoms with Crippen LogP contribution in [0.4, 0.5) is 0 Å². The van der Waals surface area contributed by atoms with Gasteiger partial charge in [-0.3, -0.25) is 0 Å². The topological polar surface area (TPSA) is 51.6 Å². The van der Waals surface area contributed by atoms with Crippen molar-refractivity contribution in [2.75, 3.05) is 0 Å². The average Bonchev–Trinajstić information content (AvgIpc) is 3.13. The normalized spacial score (nSPS) is 11.6. The zero-order valence-electron chi connectivity index (χ0n) is 28.5. The number of hydrogen-bond acceptors (Lipinski definition) is 4. The van der Waals surface area contributed by atoms with E-state index in [0.29, 0.717) is 0 Å². The Bertz CT molecular complexity index is 2560. The summed E-state index contributed by atoms with van der Waals surface area (Å²) < 4.78 is 0. The first kappa shape index (κ1) is 29.8. The smallest absolute Gasteiger partial charge is 0.0972 e. The van der Waals surface area contributed by atoms with E-state index in [4.69, 9.17) is 19.9 Å². The highest BCUT2D eigenvalue weighted by Gasteiger charge is 2.12. The first-order valence-corrected chi connectivity index (χ1v) is 17.0. The third-order valence-electron chi connectivity index (χ3n) is 9.55. The zero-order chi connectivity index (χ0) is 33.9. The molecule has 0 N–H and O–H groups in total. The Morgan fingerprint density at radius 2 is 0.500 bits per heavy atom. The number of benzene rings is 5. The molecule has 0 bridgehead atoms. The minimum Gasteiger partial charge on any atom is -0.245 e. The van der Waals surface area contributed by atoms with Gasteiger partial charge in [0.25, 0.3) is 0 Å². The number of pyridine rings is 4. The largest absolute Gasteiger partial charge is 0.245 e. The van der Waals surface area contributed by atoms with E-state index in [0.717, 1.165) is 88.6 Å². The van der Waals surface area contributed by atoms with Gasteiger partial charge in [-0.25, -0.2) is 19.9 Å². The van der Waals surface area contributed by atoms with Crippen LogP contribution >= 0.6 is 0 Å². The molecule has 0 unspecified atom stereocenters. The van der Waals surface area contributed by atoms with Crippen LogP contribution in [0.25, 0.3) is 88.6 Å². The number of aromatic nitrogens is 4. The second-order valence-electron chi connectivity index (χ2n) is 13.5. The second-order valence-corrected chi connectivity index (χ2v) is 13.5. The Morgan fingerprint density at radius 3 is 0.780 bits per heavy atom. The number of aryl methyl sites for hydroxylation is 4. The van der Waals surface area contributed by atoms with Gasteiger partial charge in [-0.1, -0.05) is 107 Å². The van der Waals surface area contributed by atoms with Crippen LogP contribution in [-0.2, 0) is 0 Å². The summed E-state index contributed by atoms with van der Waals surface area (Å²) >= 11 is 0. The SMILES string of the molecule is Cc1cc(C)cc(-c2ccc3ccc4ccc(-c5ccc(-c6ccc7ccc8ccc(-c9cc(C)cc(C)c9)nc8c7n6)cc5)nc4c3n2)c1. The van der Waals surface area contributed by atoms with Crippen LogP contribution in [0.1, 0.15) is 22.3 Å². The lowest BCUT2D eigenvalue weighted by Gasteiger charge is -2.10. The van der Waals surface area contributed by atoms with Crippen LogP contribution in [0.2, 0.25) is 0 Å². The van der Waals surface area contributed by atoms with Crippen molar-refractivity contribution < 1.29 is 0 Å². The van der Waals surface area contributed by atoms with Crippen LogP contribution in [0.15, 0.2) is 133 Å². The monoisotopic (exact) mass is 642 g/mol. The summed E-state index contributed by atoms with van der Waals surface area (Å²) in [5.74, 6) is 0. The minimum absolute atomic E-state index is 0.908. The van der Waals surface area contributed by atoms with Gasteiger partial charge in [-0.15, -0.1) is 0 Å². The second kappa shape index (κ2) is 11.7. The molecule has 238 valence electrons. The molecule has 9 rings (SSSR count). The highest BCUT2D eigenvalue weighted by atomic mass is 14.8. The van der Waals surface area contributed by atoms with E-state index < -0.39 is 0 Å². The number of hydrogen-bond donors (Lipinski definition) is 0. The quantitative estimate of drug-likeness (QED) is 0.179. The van der Waals surface area contributed by atoms with Gasteiger partial charge in [-0.2, -0.15) is 0 Å². The summed E-state index contributed by atoms with van der Waals surface area (Å²) in [5.41, 5.74) is 16.7. The van der Waals surface area contributed by atoms with Gasteiger partial charge in [-0.05, 0) is 76.2 Å². The lowest BCUT2D eigenvalue weighted by atomic mass is 10.0. The van der Waals surface area contributed by atoms with Crippen molar-refractivity contribution in [2.45, 2.75) is 27.7 Å². The number of nitrogens with zero attached hydrogens (tertiary/aromatic N) is 4. The summed E-state index contributed by atoms with van der Waals surface area (Å²) in [6, 6.07) is 47.2. The van der Waals surface area contributed by atoms with E-state index in [-0.39, 0.29) is 0 Å². The van der Waals surface area contributed by atoms with Crippen LogP contribution in [0.5, 0.6) is 0 Å². The lowest BCUT2D eigenvalue weighted by molar-refractivity contribution is 1.33. The van der Waals surface area contributed by atoms with Crippen molar-refractivity contribution in [2.24, 2.45) is 0 Å². The maximum Gasteiger partial charge on any atom is 0.0972 e. The summed E-state index contributed by atoms with van der Waals surface area (Å²) in [7, 11) is 0. The van der Waals surface area contributed by atoms with E-state index in [1.165, 1.54) is 22.3 Å². The third kappa shape index (κ3) is 5.36. The molecule has 4 heteroatoms. The van der Waals surface area contributed by atoms with E-state index in [2.05, 4.69) is 161 Å². The molecule has 9 aromatic rings. The van der Waals surface area contributed by atoms with E-state index >= 15 is 0 Å². The molecule has 0 aliphatic heterocycles. The summed E-state index contributed by atoms with van der Waals surface area (Å²) in [4.78, 5) is 20.6. The molecule has 4 heterocycles. The molecule has 4 nitrogen and oxygen atoms in total. The van der Waals surface area contributed by atoms with Crippen LogP contribution in [0, 0.1) is 27.7 Å². The van der Waals surface area contributed by atoms with Gasteiger partial charge in [0.15, 0.2) is 0 Å². The van der Waals surface area contributed by atoms with Gasteiger partial charge in [0.05, 0.1) is 44.8 Å². The maximum absolute atomic E-state index is 5.18. The molecule has 0 aliphatic carbocycles. The minimum atomic E-state index is 0.908. The first-order chi connectivity index (χ1) is 24.3. The van der Waals surface area contributed by atoms with Crippen molar-refractivity contribution in [1.29, 1.82) is 0 Å². The summed E-state index contributed by atoms with van der Waals surface area (Å²) in [6.45, 7) is 8.52. The molecule has 0 amide bonds. The Kier molecular flexibility index (Phi) is 6.99. The van der Waals surface area contributed by atoms with E-state index in [1.807, 2.05) is 0 Å². The summed E-state index contributed by atoms with van der Waals surface area (Å²) in [6.07, 6.45) is 0. The predicted molar refractivity (Wildman–Crippen MR) is 208 cm³/mol. The van der Waals surface area contributed by atoms with Crippen molar-refractivity contribution >= 4 is 43.6 Å². The van der Waals surface area contributed by atoms with Crippen molar-refractivity contribution in [3.63, 3.8) is 0 Å². The highest BCUT2D eigenvalue weighted by molar-refractivity contribution is 6.05. The van der Waals surface area contributed by atoms with Crippen molar-refractivity contribution in [3.05, 3.63) is 156 Å². The molecule has 0 aliphatic rings. The van der Waals surface area contributed by atoms with Crippen molar-refractivity contribution in [3.8, 4) is 45.0 Å². The lowest BCUT2D eigenvalue weighted by Crippen LogP contribution is -1.92. The molecule has 0 atom stereocenters. The van der Waals surface area contributed by atoms with Crippen molar-refractivity contribution in [1.82, 2.24) is 19.9 Å². The predicted octanol–water partition coefficient (Wildman–Crippen LogP) is 11.8. The van der Waals surface area contributed by atoms with Gasteiger partial charge in [0.2, 0.25) is 0 Å². The average molecular weight is 643 g/mol. The Morgan fingerprint density at radius 1 is 0.260 bits per heavy atom. The van der Waals surface area contributed by atoms with Crippen LogP contribution in [-0.4, -0.2) is 19.9 Å². The van der Waals surface area contributed by atoms with Crippen LogP contribution < -0.4 is 0 Å². The third-order valence-corrected chi connectivity index (χ3v) is 9.55. The van der Waals surface area contributed by atoms with E-state index in [9.17, 15) is 0 Å². The summed E-state index contributed by atoms with van der Waals surface area (Å²) in [5, 5.41) is 4.31. The molecule has 5 aromatic carbocycles. The fourth-order valence-corrected chi connectivity index (χ4v) is 7.24. The van der Waals surface area contributed by atoms with Gasteiger partial charge < -0.3 is 0 Å². The molecule has 0 saturated carbocycles. The Hall–Kier alpha value is -6.26. The zero-order valence-corrected chi connectivity index (χ0v) is 28.5. The molecule has 0 saturated heterocycles. The standard InChI is InChI=1S/C46H34N4/c1-27-21-28(2)24-37(23-27)41-19-15-35-11-9-33-13-17-39(47-43(33)45(35)49-41)31-5-7-32(8-6-31)40-18-14-34-10-12-36-16-20-42(50-46(36)44(34)48-40)38-25-29(3)22-30(4)26-38/h5-26H,1-4H3. The molecule has 0 fully saturated rings. The molecule has 0 spiro atoms. The molecular weight excluding hydrogens is 609 g/mol. The molecular formula is C46H34N4. The van der Waals surface area contributed by atoms with Crippen LogP contribution in [0.3, 0.4) is 0 Å². The Balaban J connectivity index is 1.09. The van der Waals surface area contributed by atoms with E-state index in [1.54, 1.807) is 0 Å². The Labute approximate surface area is 291 Å². The van der Waals surface area contributed by atoms with Gasteiger partial charge in [0, 0.05) is 43.8 Å². The van der Waals surface area contributed by atoms with Gasteiger partial charge in [0.1, 0.15) is 0 Å². The number of fused-ring (bicyclic) bond motifs is 6. The fraction of sp³-hybridized carbons (Fsp3) is 0.0870. The maximum atomic E-state index is 5.18. The molecule has 0 radical (unpaired) electrons.